The van der Waals surface area contributed by atoms with Crippen LogP contribution in [0.15, 0.2) is 23.6 Å². The average Bonchev–Trinajstić information content (AvgIpc) is 2.74. The molecule has 0 fully saturated rings. The van der Waals surface area contributed by atoms with Gasteiger partial charge in [-0.2, -0.15) is 0 Å². The van der Waals surface area contributed by atoms with Gasteiger partial charge in [-0.3, -0.25) is 15.0 Å². The molecule has 106 valence electrons. The molecule has 0 radical (unpaired) electrons. The molecule has 0 bridgehead atoms. The zero-order valence-corrected chi connectivity index (χ0v) is 12.2. The number of rotatable bonds is 5. The number of nitrogens with two attached hydrogens (primary N) is 1. The Kier molecular flexibility index (Phi) is 4.31. The van der Waals surface area contributed by atoms with Crippen LogP contribution in [0.2, 0.25) is 0 Å². The molecule has 6 nitrogen and oxygen atoms in total. The second-order valence-electron chi connectivity index (χ2n) is 4.68. The number of nitro benzene ring substituents is 1. The van der Waals surface area contributed by atoms with Crippen LogP contribution in [0.5, 0.6) is 0 Å². The second-order valence-corrected chi connectivity index (χ2v) is 5.74. The lowest BCUT2D eigenvalue weighted by Crippen LogP contribution is -2.17. The topological polar surface area (TPSA) is 85.3 Å². The van der Waals surface area contributed by atoms with E-state index in [-0.39, 0.29) is 11.4 Å². The number of aryl methyl sites for hydroxylation is 1. The van der Waals surface area contributed by atoms with Crippen LogP contribution in [0.3, 0.4) is 0 Å². The molecule has 1 aromatic heterocycles. The third-order valence-electron chi connectivity index (χ3n) is 2.84. The number of hydrogen-bond donors (Lipinski definition) is 1. The van der Waals surface area contributed by atoms with Crippen molar-refractivity contribution in [3.8, 4) is 0 Å². The number of benzene rings is 1. The van der Waals surface area contributed by atoms with Gasteiger partial charge in [0.2, 0.25) is 0 Å². The molecule has 0 saturated carbocycles. The fourth-order valence-corrected chi connectivity index (χ4v) is 2.60. The molecular formula is C13H16N4O2S. The number of aromatic nitrogens is 1. The molecule has 0 unspecified atom stereocenters. The van der Waals surface area contributed by atoms with Gasteiger partial charge in [0.15, 0.2) is 0 Å². The minimum Gasteiger partial charge on any atom is -0.393 e. The first-order valence-electron chi connectivity index (χ1n) is 6.08. The van der Waals surface area contributed by atoms with Gasteiger partial charge in [0.25, 0.3) is 5.69 Å². The molecule has 0 atom stereocenters. The molecule has 0 spiro atoms. The van der Waals surface area contributed by atoms with Crippen molar-refractivity contribution in [2.24, 2.45) is 0 Å². The Balaban J connectivity index is 2.02. The summed E-state index contributed by atoms with van der Waals surface area (Å²) in [6, 6.07) is 4.84. The van der Waals surface area contributed by atoms with Gasteiger partial charge in [-0.15, -0.1) is 11.3 Å². The van der Waals surface area contributed by atoms with Gasteiger partial charge in [0.1, 0.15) is 5.69 Å². The van der Waals surface area contributed by atoms with E-state index in [0.29, 0.717) is 6.54 Å². The second kappa shape index (κ2) is 5.98. The van der Waals surface area contributed by atoms with E-state index in [1.165, 1.54) is 6.07 Å². The van der Waals surface area contributed by atoms with Gasteiger partial charge >= 0.3 is 0 Å². The summed E-state index contributed by atoms with van der Waals surface area (Å²) in [4.78, 5) is 16.7. The summed E-state index contributed by atoms with van der Waals surface area (Å²) >= 11 is 1.63. The molecule has 1 heterocycles. The van der Waals surface area contributed by atoms with Crippen LogP contribution in [0.25, 0.3) is 0 Å². The molecule has 1 aromatic carbocycles. The van der Waals surface area contributed by atoms with E-state index in [1.54, 1.807) is 23.5 Å². The molecule has 0 aliphatic heterocycles. The maximum absolute atomic E-state index is 10.7. The van der Waals surface area contributed by atoms with Crippen molar-refractivity contribution < 1.29 is 4.92 Å². The number of nitrogens with zero attached hydrogens (tertiary/aromatic N) is 3. The fraction of sp³-hybridized carbons (Fsp3) is 0.308. The third-order valence-corrected chi connectivity index (χ3v) is 3.66. The summed E-state index contributed by atoms with van der Waals surface area (Å²) in [5.41, 5.74) is 7.81. The maximum atomic E-state index is 10.7. The summed E-state index contributed by atoms with van der Waals surface area (Å²) in [6.45, 7) is 3.38. The van der Waals surface area contributed by atoms with Gasteiger partial charge in [-0.05, 0) is 25.6 Å². The van der Waals surface area contributed by atoms with Crippen molar-refractivity contribution in [2.45, 2.75) is 20.0 Å². The number of anilines is 1. The smallest absolute Gasteiger partial charge is 0.292 e. The maximum Gasteiger partial charge on any atom is 0.292 e. The lowest BCUT2D eigenvalue weighted by Gasteiger charge is -2.15. The Morgan fingerprint density at radius 3 is 2.75 bits per heavy atom. The molecule has 0 saturated heterocycles. The highest BCUT2D eigenvalue weighted by Gasteiger charge is 2.12. The first-order valence-corrected chi connectivity index (χ1v) is 6.96. The van der Waals surface area contributed by atoms with Gasteiger partial charge in [-0.25, -0.2) is 4.98 Å². The Morgan fingerprint density at radius 1 is 1.45 bits per heavy atom. The highest BCUT2D eigenvalue weighted by molar-refractivity contribution is 7.09. The minimum absolute atomic E-state index is 0.0495. The van der Waals surface area contributed by atoms with Crippen molar-refractivity contribution in [3.63, 3.8) is 0 Å². The summed E-state index contributed by atoms with van der Waals surface area (Å²) in [6.07, 6.45) is 0. The van der Waals surface area contributed by atoms with Gasteiger partial charge in [-0.1, -0.05) is 6.07 Å². The Morgan fingerprint density at radius 2 is 2.20 bits per heavy atom. The first-order chi connectivity index (χ1) is 9.45. The van der Waals surface area contributed by atoms with Crippen LogP contribution in [0.1, 0.15) is 16.3 Å². The monoisotopic (exact) mass is 292 g/mol. The summed E-state index contributed by atoms with van der Waals surface area (Å²) < 4.78 is 0. The van der Waals surface area contributed by atoms with E-state index in [0.717, 1.165) is 22.8 Å². The number of hydrogen-bond acceptors (Lipinski definition) is 6. The van der Waals surface area contributed by atoms with E-state index in [4.69, 9.17) is 5.73 Å². The standard InChI is InChI=1S/C13H16N4O2S/c1-9-15-11(8-20-9)7-16(2)6-10-3-4-13(17(18)19)12(14)5-10/h3-5,8H,6-7,14H2,1-2H3. The van der Waals surface area contributed by atoms with E-state index in [2.05, 4.69) is 9.88 Å². The Bertz CT molecular complexity index is 627. The third kappa shape index (κ3) is 3.52. The lowest BCUT2D eigenvalue weighted by atomic mass is 10.1. The molecule has 20 heavy (non-hydrogen) atoms. The van der Waals surface area contributed by atoms with Gasteiger partial charge < -0.3 is 5.73 Å². The zero-order chi connectivity index (χ0) is 14.7. The molecule has 0 amide bonds. The number of nitro groups is 1. The zero-order valence-electron chi connectivity index (χ0n) is 11.4. The van der Waals surface area contributed by atoms with Crippen molar-refractivity contribution in [3.05, 3.63) is 50.0 Å². The minimum atomic E-state index is -0.471. The summed E-state index contributed by atoms with van der Waals surface area (Å²) in [7, 11) is 1.98. The quantitative estimate of drug-likeness (QED) is 0.520. The normalized spacial score (nSPS) is 10.9. The number of thiazole rings is 1. The fourth-order valence-electron chi connectivity index (χ4n) is 1.99. The van der Waals surface area contributed by atoms with Crippen LogP contribution in [-0.2, 0) is 13.1 Å². The lowest BCUT2D eigenvalue weighted by molar-refractivity contribution is -0.383. The van der Waals surface area contributed by atoms with Crippen LogP contribution in [0, 0.1) is 17.0 Å². The van der Waals surface area contributed by atoms with E-state index in [9.17, 15) is 10.1 Å². The highest BCUT2D eigenvalue weighted by atomic mass is 32.1. The van der Waals surface area contributed by atoms with Crippen LogP contribution >= 0.6 is 11.3 Å². The van der Waals surface area contributed by atoms with Crippen molar-refractivity contribution in [1.29, 1.82) is 0 Å². The Labute approximate surface area is 121 Å². The van der Waals surface area contributed by atoms with E-state index >= 15 is 0 Å². The number of nitrogen functional groups attached to an aromatic ring is 1. The summed E-state index contributed by atoms with van der Waals surface area (Å²) in [5.74, 6) is 0. The predicted molar refractivity (Wildman–Crippen MR) is 79.5 cm³/mol. The molecule has 7 heteroatoms. The largest absolute Gasteiger partial charge is 0.393 e. The van der Waals surface area contributed by atoms with Gasteiger partial charge in [0, 0.05) is 24.5 Å². The molecular weight excluding hydrogens is 276 g/mol. The first kappa shape index (κ1) is 14.4. The molecule has 2 aromatic rings. The van der Waals surface area contributed by atoms with Gasteiger partial charge in [0.05, 0.1) is 15.6 Å². The molecule has 2 N–H and O–H groups in total. The molecule has 0 aliphatic carbocycles. The van der Waals surface area contributed by atoms with Crippen LogP contribution in [0.4, 0.5) is 11.4 Å². The van der Waals surface area contributed by atoms with Crippen molar-refractivity contribution >= 4 is 22.7 Å². The molecule has 0 aliphatic rings. The average molecular weight is 292 g/mol. The van der Waals surface area contributed by atoms with E-state index in [1.807, 2.05) is 19.4 Å². The van der Waals surface area contributed by atoms with E-state index < -0.39 is 4.92 Å². The molecule has 2 rings (SSSR count). The van der Waals surface area contributed by atoms with Crippen molar-refractivity contribution in [1.82, 2.24) is 9.88 Å². The van der Waals surface area contributed by atoms with Crippen molar-refractivity contribution in [2.75, 3.05) is 12.8 Å². The van der Waals surface area contributed by atoms with Crippen LogP contribution in [-0.4, -0.2) is 21.9 Å². The Hall–Kier alpha value is -1.99. The SMILES string of the molecule is Cc1nc(CN(C)Cc2ccc([N+](=O)[O-])c(N)c2)cs1. The van der Waals surface area contributed by atoms with Crippen LogP contribution < -0.4 is 5.73 Å². The highest BCUT2D eigenvalue weighted by Crippen LogP contribution is 2.23. The summed E-state index contributed by atoms with van der Waals surface area (Å²) in [5, 5.41) is 13.8. The predicted octanol–water partition coefficient (Wildman–Crippen LogP) is 2.57.